The van der Waals surface area contributed by atoms with Crippen LogP contribution in [0.5, 0.6) is 5.75 Å². The standard InChI is InChI=1S/C17H16FNO2/c18-15-7-6-13(11-16(15)20)12-4-3-5-14(10-12)17(21)19-8-1-2-9-19/h3-7,10-11,20H,1-2,8-9H2. The summed E-state index contributed by atoms with van der Waals surface area (Å²) < 4.78 is 13.1. The molecule has 0 bridgehead atoms. The zero-order valence-corrected chi connectivity index (χ0v) is 11.6. The van der Waals surface area contributed by atoms with E-state index in [9.17, 15) is 14.3 Å². The SMILES string of the molecule is O=C(c1cccc(-c2ccc(F)c(O)c2)c1)N1CCCC1. The first-order chi connectivity index (χ1) is 10.1. The highest BCUT2D eigenvalue weighted by Crippen LogP contribution is 2.26. The topological polar surface area (TPSA) is 40.5 Å². The summed E-state index contributed by atoms with van der Waals surface area (Å²) in [7, 11) is 0. The molecular formula is C17H16FNO2. The van der Waals surface area contributed by atoms with Crippen LogP contribution in [0.15, 0.2) is 42.5 Å². The van der Waals surface area contributed by atoms with Crippen LogP contribution in [0.25, 0.3) is 11.1 Å². The Balaban J connectivity index is 1.92. The summed E-state index contributed by atoms with van der Waals surface area (Å²) in [6, 6.07) is 11.4. The van der Waals surface area contributed by atoms with Crippen molar-refractivity contribution in [2.45, 2.75) is 12.8 Å². The minimum Gasteiger partial charge on any atom is -0.505 e. The average molecular weight is 285 g/mol. The molecule has 0 atom stereocenters. The number of amides is 1. The molecule has 3 rings (SSSR count). The normalized spacial score (nSPS) is 14.4. The molecule has 1 saturated heterocycles. The van der Waals surface area contributed by atoms with Gasteiger partial charge in [0.15, 0.2) is 11.6 Å². The first-order valence-corrected chi connectivity index (χ1v) is 7.03. The third kappa shape index (κ3) is 2.75. The number of aromatic hydroxyl groups is 1. The molecule has 1 aliphatic heterocycles. The summed E-state index contributed by atoms with van der Waals surface area (Å²) >= 11 is 0. The third-order valence-corrected chi connectivity index (χ3v) is 3.78. The Morgan fingerprint density at radius 2 is 1.76 bits per heavy atom. The van der Waals surface area contributed by atoms with E-state index in [1.807, 2.05) is 11.0 Å². The van der Waals surface area contributed by atoms with Crippen LogP contribution in [0.1, 0.15) is 23.2 Å². The predicted octanol–water partition coefficient (Wildman–Crippen LogP) is 3.43. The van der Waals surface area contributed by atoms with Gasteiger partial charge in [0, 0.05) is 18.7 Å². The van der Waals surface area contributed by atoms with Gasteiger partial charge in [0.1, 0.15) is 0 Å². The van der Waals surface area contributed by atoms with Gasteiger partial charge in [0.2, 0.25) is 0 Å². The van der Waals surface area contributed by atoms with E-state index in [2.05, 4.69) is 0 Å². The lowest BCUT2D eigenvalue weighted by Crippen LogP contribution is -2.27. The summed E-state index contributed by atoms with van der Waals surface area (Å²) in [5.74, 6) is -1.01. The van der Waals surface area contributed by atoms with E-state index in [1.165, 1.54) is 12.1 Å². The largest absolute Gasteiger partial charge is 0.505 e. The smallest absolute Gasteiger partial charge is 0.253 e. The van der Waals surface area contributed by atoms with E-state index < -0.39 is 5.82 Å². The van der Waals surface area contributed by atoms with Crippen molar-refractivity contribution in [1.82, 2.24) is 4.90 Å². The van der Waals surface area contributed by atoms with Crippen LogP contribution in [-0.4, -0.2) is 29.0 Å². The Bertz CT molecular complexity index is 678. The first kappa shape index (κ1) is 13.6. The van der Waals surface area contributed by atoms with E-state index in [0.717, 1.165) is 31.5 Å². The summed E-state index contributed by atoms with van der Waals surface area (Å²) in [6.07, 6.45) is 2.11. The number of carbonyl (C=O) groups is 1. The van der Waals surface area contributed by atoms with Gasteiger partial charge in [0.05, 0.1) is 0 Å². The van der Waals surface area contributed by atoms with Crippen LogP contribution in [0.2, 0.25) is 0 Å². The molecule has 0 saturated carbocycles. The molecule has 0 radical (unpaired) electrons. The second-order valence-electron chi connectivity index (χ2n) is 5.25. The highest BCUT2D eigenvalue weighted by atomic mass is 19.1. The monoisotopic (exact) mass is 285 g/mol. The van der Waals surface area contributed by atoms with E-state index in [0.29, 0.717) is 11.1 Å². The fourth-order valence-electron chi connectivity index (χ4n) is 2.63. The fraction of sp³-hybridized carbons (Fsp3) is 0.235. The molecule has 4 heteroatoms. The van der Waals surface area contributed by atoms with Crippen molar-refractivity contribution in [3.05, 3.63) is 53.8 Å². The zero-order valence-electron chi connectivity index (χ0n) is 11.6. The van der Waals surface area contributed by atoms with E-state index in [-0.39, 0.29) is 11.7 Å². The van der Waals surface area contributed by atoms with Gasteiger partial charge in [-0.2, -0.15) is 0 Å². The van der Waals surface area contributed by atoms with Crippen molar-refractivity contribution in [1.29, 1.82) is 0 Å². The van der Waals surface area contributed by atoms with E-state index >= 15 is 0 Å². The second-order valence-corrected chi connectivity index (χ2v) is 5.25. The molecule has 0 unspecified atom stereocenters. The lowest BCUT2D eigenvalue weighted by atomic mass is 10.0. The highest BCUT2D eigenvalue weighted by Gasteiger charge is 2.19. The Labute approximate surface area is 122 Å². The quantitative estimate of drug-likeness (QED) is 0.918. The lowest BCUT2D eigenvalue weighted by molar-refractivity contribution is 0.0793. The van der Waals surface area contributed by atoms with Crippen molar-refractivity contribution in [3.8, 4) is 16.9 Å². The van der Waals surface area contributed by atoms with Crippen LogP contribution in [0.3, 0.4) is 0 Å². The van der Waals surface area contributed by atoms with Gasteiger partial charge in [-0.25, -0.2) is 4.39 Å². The van der Waals surface area contributed by atoms with Crippen LogP contribution in [0, 0.1) is 5.82 Å². The number of rotatable bonds is 2. The Morgan fingerprint density at radius 3 is 2.48 bits per heavy atom. The average Bonchev–Trinajstić information content (AvgIpc) is 3.04. The number of nitrogens with zero attached hydrogens (tertiary/aromatic N) is 1. The molecule has 1 N–H and O–H groups in total. The van der Waals surface area contributed by atoms with Gasteiger partial charge in [-0.3, -0.25) is 4.79 Å². The van der Waals surface area contributed by atoms with Crippen molar-refractivity contribution in [2.24, 2.45) is 0 Å². The van der Waals surface area contributed by atoms with Crippen LogP contribution < -0.4 is 0 Å². The van der Waals surface area contributed by atoms with Crippen LogP contribution in [-0.2, 0) is 0 Å². The second kappa shape index (κ2) is 5.56. The van der Waals surface area contributed by atoms with Gasteiger partial charge in [-0.1, -0.05) is 18.2 Å². The Hall–Kier alpha value is -2.36. The van der Waals surface area contributed by atoms with E-state index in [4.69, 9.17) is 0 Å². The number of phenols is 1. The molecule has 1 amide bonds. The van der Waals surface area contributed by atoms with Crippen molar-refractivity contribution in [2.75, 3.05) is 13.1 Å². The molecule has 3 nitrogen and oxygen atoms in total. The molecule has 2 aromatic carbocycles. The first-order valence-electron chi connectivity index (χ1n) is 7.03. The van der Waals surface area contributed by atoms with Crippen molar-refractivity contribution >= 4 is 5.91 Å². The lowest BCUT2D eigenvalue weighted by Gasteiger charge is -2.15. The minimum atomic E-state index is -0.650. The highest BCUT2D eigenvalue weighted by molar-refractivity contribution is 5.95. The van der Waals surface area contributed by atoms with Gasteiger partial charge in [0.25, 0.3) is 5.91 Å². The molecule has 108 valence electrons. The van der Waals surface area contributed by atoms with E-state index in [1.54, 1.807) is 24.3 Å². The Kier molecular flexibility index (Phi) is 3.60. The van der Waals surface area contributed by atoms with Gasteiger partial charge >= 0.3 is 0 Å². The van der Waals surface area contributed by atoms with Gasteiger partial charge < -0.3 is 10.0 Å². The zero-order chi connectivity index (χ0) is 14.8. The maximum atomic E-state index is 13.1. The summed E-state index contributed by atoms with van der Waals surface area (Å²) in [5, 5.41) is 9.46. The summed E-state index contributed by atoms with van der Waals surface area (Å²) in [5.41, 5.74) is 2.10. The number of hydrogen-bond acceptors (Lipinski definition) is 2. The fourth-order valence-corrected chi connectivity index (χ4v) is 2.63. The molecular weight excluding hydrogens is 269 g/mol. The minimum absolute atomic E-state index is 0.0284. The van der Waals surface area contributed by atoms with Crippen LogP contribution >= 0.6 is 0 Å². The molecule has 2 aromatic rings. The number of hydrogen-bond donors (Lipinski definition) is 1. The maximum Gasteiger partial charge on any atom is 0.253 e. The van der Waals surface area contributed by atoms with Crippen LogP contribution in [0.4, 0.5) is 4.39 Å². The number of benzene rings is 2. The molecule has 1 aliphatic rings. The van der Waals surface area contributed by atoms with Gasteiger partial charge in [-0.05, 0) is 48.2 Å². The number of halogens is 1. The van der Waals surface area contributed by atoms with Gasteiger partial charge in [-0.15, -0.1) is 0 Å². The third-order valence-electron chi connectivity index (χ3n) is 3.78. The summed E-state index contributed by atoms with van der Waals surface area (Å²) in [4.78, 5) is 14.2. The molecule has 0 aromatic heterocycles. The number of likely N-dealkylation sites (tertiary alicyclic amines) is 1. The maximum absolute atomic E-state index is 13.1. The molecule has 0 spiro atoms. The predicted molar refractivity (Wildman–Crippen MR) is 78.6 cm³/mol. The molecule has 1 fully saturated rings. The Morgan fingerprint density at radius 1 is 1.05 bits per heavy atom. The number of phenolic OH excluding ortho intramolecular Hbond substituents is 1. The number of carbonyl (C=O) groups excluding carboxylic acids is 1. The summed E-state index contributed by atoms with van der Waals surface area (Å²) in [6.45, 7) is 1.61. The molecule has 1 heterocycles. The molecule has 0 aliphatic carbocycles. The van der Waals surface area contributed by atoms with Crippen molar-refractivity contribution < 1.29 is 14.3 Å². The molecule has 21 heavy (non-hydrogen) atoms. The van der Waals surface area contributed by atoms with Crippen molar-refractivity contribution in [3.63, 3.8) is 0 Å².